The molecular weight excluding hydrogens is 290 g/mol. The Morgan fingerprint density at radius 2 is 1.91 bits per heavy atom. The predicted molar refractivity (Wildman–Crippen MR) is 77.2 cm³/mol. The fourth-order valence-electron chi connectivity index (χ4n) is 1.85. The number of anilines is 1. The average molecular weight is 307 g/mol. The van der Waals surface area contributed by atoms with Crippen molar-refractivity contribution < 1.29 is 28.9 Å². The molecule has 0 aromatic heterocycles. The Balaban J connectivity index is 2.13. The summed E-state index contributed by atoms with van der Waals surface area (Å²) in [5.41, 5.74) is -0.139. The highest BCUT2D eigenvalue weighted by Gasteiger charge is 2.39. The summed E-state index contributed by atoms with van der Waals surface area (Å²) in [7, 11) is 0. The first-order valence-corrected chi connectivity index (χ1v) is 6.72. The van der Waals surface area contributed by atoms with Gasteiger partial charge in [0.15, 0.2) is 0 Å². The number of rotatable bonds is 4. The van der Waals surface area contributed by atoms with E-state index < -0.39 is 29.2 Å². The van der Waals surface area contributed by atoms with Crippen molar-refractivity contribution in [2.45, 2.75) is 26.6 Å². The van der Waals surface area contributed by atoms with Crippen LogP contribution < -0.4 is 10.1 Å². The van der Waals surface area contributed by atoms with Crippen molar-refractivity contribution in [1.29, 1.82) is 0 Å². The molecule has 0 bridgehead atoms. The molecular formula is C15H17NO6. The van der Waals surface area contributed by atoms with Crippen LogP contribution in [-0.4, -0.2) is 29.4 Å². The number of aliphatic hydroxyl groups excluding tert-OH is 1. The van der Waals surface area contributed by atoms with Gasteiger partial charge in [0.1, 0.15) is 5.75 Å². The topological polar surface area (TPSA) is 94.1 Å². The molecule has 1 amide bonds. The molecule has 1 aromatic carbocycles. The normalized spacial score (nSPS) is 16.6. The van der Waals surface area contributed by atoms with Gasteiger partial charge in [-0.3, -0.25) is 4.79 Å². The van der Waals surface area contributed by atoms with Crippen LogP contribution >= 0.6 is 0 Å². The van der Waals surface area contributed by atoms with E-state index in [9.17, 15) is 14.7 Å². The van der Waals surface area contributed by atoms with Crippen molar-refractivity contribution in [2.24, 2.45) is 0 Å². The summed E-state index contributed by atoms with van der Waals surface area (Å²) >= 11 is 0. The number of hydrogen-bond acceptors (Lipinski definition) is 6. The van der Waals surface area contributed by atoms with Crippen LogP contribution in [0.15, 0.2) is 35.8 Å². The third-order valence-electron chi connectivity index (χ3n) is 2.75. The number of cyclic esters (lactones) is 1. The molecule has 118 valence electrons. The van der Waals surface area contributed by atoms with E-state index in [0.29, 0.717) is 18.0 Å². The molecule has 0 saturated carbocycles. The summed E-state index contributed by atoms with van der Waals surface area (Å²) in [5, 5.41) is 12.2. The first kappa shape index (κ1) is 15.7. The maximum atomic E-state index is 12.1. The fraction of sp³-hybridized carbons (Fsp3) is 0.333. The standard InChI is InChI=1S/C15H17NO6/c1-4-20-10-7-5-9(6-8-10)16-12(17)11-13(18)21-15(2,3)22-14(11)19/h5-8,18H,4H2,1-3H3,(H,16,17). The minimum atomic E-state index is -1.32. The minimum absolute atomic E-state index is 0.436. The number of hydrogen-bond donors (Lipinski definition) is 2. The Kier molecular flexibility index (Phi) is 4.25. The molecule has 1 aromatic rings. The van der Waals surface area contributed by atoms with E-state index >= 15 is 0 Å². The number of carbonyl (C=O) groups is 2. The molecule has 0 saturated heterocycles. The van der Waals surface area contributed by atoms with Crippen molar-refractivity contribution in [2.75, 3.05) is 11.9 Å². The second-order valence-electron chi connectivity index (χ2n) is 4.98. The number of aliphatic hydroxyl groups is 1. The van der Waals surface area contributed by atoms with Gasteiger partial charge >= 0.3 is 11.9 Å². The largest absolute Gasteiger partial charge is 0.494 e. The van der Waals surface area contributed by atoms with Crippen molar-refractivity contribution in [1.82, 2.24) is 0 Å². The second kappa shape index (κ2) is 5.97. The van der Waals surface area contributed by atoms with E-state index in [-0.39, 0.29) is 0 Å². The van der Waals surface area contributed by atoms with Gasteiger partial charge in [0.25, 0.3) is 11.7 Å². The van der Waals surface area contributed by atoms with E-state index in [1.807, 2.05) is 6.92 Å². The molecule has 0 radical (unpaired) electrons. The lowest BCUT2D eigenvalue weighted by Gasteiger charge is -2.30. The molecule has 7 nitrogen and oxygen atoms in total. The van der Waals surface area contributed by atoms with Crippen LogP contribution in [0.3, 0.4) is 0 Å². The summed E-state index contributed by atoms with van der Waals surface area (Å²) < 4.78 is 15.2. The maximum absolute atomic E-state index is 12.1. The first-order valence-electron chi connectivity index (χ1n) is 6.72. The van der Waals surface area contributed by atoms with Crippen LogP contribution in [0.2, 0.25) is 0 Å². The number of nitrogens with one attached hydrogen (secondary N) is 1. The Hall–Kier alpha value is -2.70. The highest BCUT2D eigenvalue weighted by molar-refractivity contribution is 6.21. The molecule has 0 fully saturated rings. The quantitative estimate of drug-likeness (QED) is 0.653. The minimum Gasteiger partial charge on any atom is -0.494 e. The van der Waals surface area contributed by atoms with Gasteiger partial charge in [-0.2, -0.15) is 0 Å². The Bertz CT molecular complexity index is 617. The zero-order valence-corrected chi connectivity index (χ0v) is 12.5. The predicted octanol–water partition coefficient (Wildman–Crippen LogP) is 2.10. The lowest BCUT2D eigenvalue weighted by atomic mass is 10.2. The maximum Gasteiger partial charge on any atom is 0.354 e. The highest BCUT2D eigenvalue weighted by Crippen LogP contribution is 2.26. The molecule has 7 heteroatoms. The molecule has 0 aliphatic carbocycles. The SMILES string of the molecule is CCOc1ccc(NC(=O)C2=C(O)OC(C)(C)OC2=O)cc1. The first-order chi connectivity index (χ1) is 10.3. The van der Waals surface area contributed by atoms with Crippen LogP contribution in [0.1, 0.15) is 20.8 Å². The van der Waals surface area contributed by atoms with Crippen LogP contribution in [0.5, 0.6) is 5.75 Å². The molecule has 0 atom stereocenters. The third kappa shape index (κ3) is 3.49. The smallest absolute Gasteiger partial charge is 0.354 e. The number of amides is 1. The van der Waals surface area contributed by atoms with E-state index in [1.165, 1.54) is 13.8 Å². The molecule has 2 rings (SSSR count). The lowest BCUT2D eigenvalue weighted by molar-refractivity contribution is -0.221. The van der Waals surface area contributed by atoms with Crippen LogP contribution in [-0.2, 0) is 19.1 Å². The van der Waals surface area contributed by atoms with Gasteiger partial charge in [0, 0.05) is 19.5 Å². The summed E-state index contributed by atoms with van der Waals surface area (Å²) in [6.45, 7) is 5.29. The van der Waals surface area contributed by atoms with Crippen LogP contribution in [0.25, 0.3) is 0 Å². The zero-order chi connectivity index (χ0) is 16.3. The summed E-state index contributed by atoms with van der Waals surface area (Å²) in [6.07, 6.45) is 0. The molecule has 0 spiro atoms. The molecule has 0 unspecified atom stereocenters. The van der Waals surface area contributed by atoms with Crippen molar-refractivity contribution in [3.8, 4) is 5.75 Å². The fourth-order valence-corrected chi connectivity index (χ4v) is 1.85. The van der Waals surface area contributed by atoms with Crippen molar-refractivity contribution >= 4 is 17.6 Å². The van der Waals surface area contributed by atoms with Crippen molar-refractivity contribution in [3.05, 3.63) is 35.8 Å². The van der Waals surface area contributed by atoms with Crippen LogP contribution in [0.4, 0.5) is 5.69 Å². The van der Waals surface area contributed by atoms with Crippen molar-refractivity contribution in [3.63, 3.8) is 0 Å². The Labute approximate surface area is 127 Å². The van der Waals surface area contributed by atoms with E-state index in [2.05, 4.69) is 5.32 Å². The van der Waals surface area contributed by atoms with Gasteiger partial charge in [-0.15, -0.1) is 0 Å². The lowest BCUT2D eigenvalue weighted by Crippen LogP contribution is -2.40. The molecule has 1 aliphatic heterocycles. The number of esters is 1. The zero-order valence-electron chi connectivity index (χ0n) is 12.5. The average Bonchev–Trinajstić information content (AvgIpc) is 2.39. The monoisotopic (exact) mass is 307 g/mol. The van der Waals surface area contributed by atoms with Gasteiger partial charge in [0.2, 0.25) is 5.57 Å². The summed E-state index contributed by atoms with van der Waals surface area (Å²) in [4.78, 5) is 23.9. The van der Waals surface area contributed by atoms with Crippen LogP contribution in [0, 0.1) is 0 Å². The number of benzene rings is 1. The van der Waals surface area contributed by atoms with E-state index in [1.54, 1.807) is 24.3 Å². The number of ether oxygens (including phenoxy) is 3. The summed E-state index contributed by atoms with van der Waals surface area (Å²) in [5.74, 6) is -3.18. The van der Waals surface area contributed by atoms with Gasteiger partial charge in [-0.1, -0.05) is 0 Å². The Morgan fingerprint density at radius 1 is 1.27 bits per heavy atom. The van der Waals surface area contributed by atoms with Gasteiger partial charge in [-0.25, -0.2) is 4.79 Å². The molecule has 1 heterocycles. The Morgan fingerprint density at radius 3 is 2.45 bits per heavy atom. The van der Waals surface area contributed by atoms with Gasteiger partial charge in [0.05, 0.1) is 6.61 Å². The van der Waals surface area contributed by atoms with E-state index in [0.717, 1.165) is 0 Å². The summed E-state index contributed by atoms with van der Waals surface area (Å²) in [6, 6.07) is 6.57. The molecule has 2 N–H and O–H groups in total. The molecule has 1 aliphatic rings. The molecule has 22 heavy (non-hydrogen) atoms. The van der Waals surface area contributed by atoms with Gasteiger partial charge < -0.3 is 24.6 Å². The number of carbonyl (C=O) groups excluding carboxylic acids is 2. The highest BCUT2D eigenvalue weighted by atomic mass is 16.8. The van der Waals surface area contributed by atoms with E-state index in [4.69, 9.17) is 14.2 Å². The van der Waals surface area contributed by atoms with Gasteiger partial charge in [-0.05, 0) is 31.2 Å². The third-order valence-corrected chi connectivity index (χ3v) is 2.75. The second-order valence-corrected chi connectivity index (χ2v) is 4.98.